The zero-order chi connectivity index (χ0) is 13.5. The molecule has 1 amide bonds. The Hall–Kier alpha value is -0.610. The number of likely N-dealkylation sites (N-methyl/N-ethyl adjacent to an activating group) is 1. The fraction of sp³-hybridized carbons (Fsp3) is 0.933. The molecule has 2 saturated heterocycles. The number of hydrogen-bond acceptors (Lipinski definition) is 3. The molecule has 4 nitrogen and oxygen atoms in total. The van der Waals surface area contributed by atoms with E-state index in [1.54, 1.807) is 4.90 Å². The van der Waals surface area contributed by atoms with Gasteiger partial charge in [-0.15, -0.1) is 0 Å². The summed E-state index contributed by atoms with van der Waals surface area (Å²) in [6.45, 7) is 3.59. The quantitative estimate of drug-likeness (QED) is 0.776. The average Bonchev–Trinajstić information content (AvgIpc) is 3.12. The predicted octanol–water partition coefficient (Wildman–Crippen LogP) is 1.50. The van der Waals surface area contributed by atoms with Crippen LogP contribution in [-0.2, 0) is 9.53 Å². The highest BCUT2D eigenvalue weighted by molar-refractivity contribution is 5.80. The molecule has 0 bridgehead atoms. The zero-order valence-corrected chi connectivity index (χ0v) is 12.2. The van der Waals surface area contributed by atoms with Crippen LogP contribution in [0.2, 0.25) is 0 Å². The maximum absolute atomic E-state index is 12.0. The third kappa shape index (κ3) is 2.95. The SMILES string of the molecule is CN(C)C(=O)[C@H]1CCC2(CCN(CC3CC3)CC2)O1. The van der Waals surface area contributed by atoms with Gasteiger partial charge in [0.05, 0.1) is 5.60 Å². The minimum absolute atomic E-state index is 0.0103. The van der Waals surface area contributed by atoms with Crippen LogP contribution < -0.4 is 0 Å². The van der Waals surface area contributed by atoms with Crippen molar-refractivity contribution in [3.05, 3.63) is 0 Å². The van der Waals surface area contributed by atoms with Gasteiger partial charge in [0, 0.05) is 33.7 Å². The number of nitrogens with zero attached hydrogens (tertiary/aromatic N) is 2. The molecule has 3 fully saturated rings. The Labute approximate surface area is 116 Å². The Bertz CT molecular complexity index is 344. The summed E-state index contributed by atoms with van der Waals surface area (Å²) < 4.78 is 6.16. The summed E-state index contributed by atoms with van der Waals surface area (Å²) in [6, 6.07) is 0. The van der Waals surface area contributed by atoms with E-state index in [9.17, 15) is 4.79 Å². The summed E-state index contributed by atoms with van der Waals surface area (Å²) in [5.41, 5.74) is 0.0103. The summed E-state index contributed by atoms with van der Waals surface area (Å²) in [5.74, 6) is 1.11. The van der Waals surface area contributed by atoms with E-state index in [0.717, 1.165) is 44.7 Å². The van der Waals surface area contributed by atoms with Crippen LogP contribution in [0.4, 0.5) is 0 Å². The first kappa shape index (κ1) is 13.4. The Balaban J connectivity index is 1.51. The number of ether oxygens (including phenoxy) is 1. The average molecular weight is 266 g/mol. The van der Waals surface area contributed by atoms with E-state index >= 15 is 0 Å². The third-order valence-electron chi connectivity index (χ3n) is 4.95. The topological polar surface area (TPSA) is 32.8 Å². The largest absolute Gasteiger partial charge is 0.362 e. The smallest absolute Gasteiger partial charge is 0.251 e. The second kappa shape index (κ2) is 5.06. The molecule has 19 heavy (non-hydrogen) atoms. The number of amides is 1. The molecule has 3 aliphatic rings. The van der Waals surface area contributed by atoms with E-state index in [2.05, 4.69) is 4.90 Å². The first-order valence-corrected chi connectivity index (χ1v) is 7.69. The fourth-order valence-electron chi connectivity index (χ4n) is 3.45. The van der Waals surface area contributed by atoms with E-state index < -0.39 is 0 Å². The molecule has 0 aromatic rings. The fourth-order valence-corrected chi connectivity index (χ4v) is 3.45. The van der Waals surface area contributed by atoms with Crippen molar-refractivity contribution < 1.29 is 9.53 Å². The Morgan fingerprint density at radius 2 is 1.89 bits per heavy atom. The van der Waals surface area contributed by atoms with Crippen molar-refractivity contribution in [2.24, 2.45) is 5.92 Å². The molecule has 0 unspecified atom stereocenters. The van der Waals surface area contributed by atoms with Gasteiger partial charge >= 0.3 is 0 Å². The molecule has 2 aliphatic heterocycles. The maximum atomic E-state index is 12.0. The van der Waals surface area contributed by atoms with Crippen molar-refractivity contribution in [1.82, 2.24) is 9.80 Å². The van der Waals surface area contributed by atoms with Crippen LogP contribution in [0.1, 0.15) is 38.5 Å². The van der Waals surface area contributed by atoms with E-state index in [-0.39, 0.29) is 17.6 Å². The highest BCUT2D eigenvalue weighted by Crippen LogP contribution is 2.40. The monoisotopic (exact) mass is 266 g/mol. The second-order valence-corrected chi connectivity index (χ2v) is 6.80. The van der Waals surface area contributed by atoms with Gasteiger partial charge in [0.15, 0.2) is 0 Å². The van der Waals surface area contributed by atoms with E-state index in [1.165, 1.54) is 19.4 Å². The molecule has 0 radical (unpaired) electrons. The van der Waals surface area contributed by atoms with Gasteiger partial charge in [-0.05, 0) is 44.4 Å². The minimum atomic E-state index is -0.190. The normalized spacial score (nSPS) is 30.7. The van der Waals surface area contributed by atoms with Crippen molar-refractivity contribution >= 4 is 5.91 Å². The van der Waals surface area contributed by atoms with Crippen molar-refractivity contribution in [1.29, 1.82) is 0 Å². The van der Waals surface area contributed by atoms with Gasteiger partial charge in [-0.3, -0.25) is 4.79 Å². The van der Waals surface area contributed by atoms with Crippen molar-refractivity contribution in [3.8, 4) is 0 Å². The van der Waals surface area contributed by atoms with Crippen molar-refractivity contribution in [2.45, 2.75) is 50.2 Å². The Morgan fingerprint density at radius 3 is 2.47 bits per heavy atom. The van der Waals surface area contributed by atoms with Crippen LogP contribution in [-0.4, -0.2) is 61.1 Å². The zero-order valence-electron chi connectivity index (χ0n) is 12.2. The predicted molar refractivity (Wildman–Crippen MR) is 73.9 cm³/mol. The molecule has 2 heterocycles. The second-order valence-electron chi connectivity index (χ2n) is 6.80. The molecule has 0 N–H and O–H groups in total. The molecule has 1 aliphatic carbocycles. The van der Waals surface area contributed by atoms with Gasteiger partial charge in [0.25, 0.3) is 5.91 Å². The van der Waals surface area contributed by atoms with Gasteiger partial charge in [0.2, 0.25) is 0 Å². The lowest BCUT2D eigenvalue weighted by atomic mass is 9.88. The van der Waals surface area contributed by atoms with Crippen LogP contribution in [0.15, 0.2) is 0 Å². The molecular formula is C15H26N2O2. The summed E-state index contributed by atoms with van der Waals surface area (Å²) in [6.07, 6.45) is 6.85. The molecule has 1 atom stereocenters. The molecule has 3 rings (SSSR count). The Kier molecular flexibility index (Phi) is 3.56. The standard InChI is InChI=1S/C15H26N2O2/c1-16(2)14(18)13-5-6-15(19-13)7-9-17(10-8-15)11-12-3-4-12/h12-13H,3-11H2,1-2H3/t13-/m1/s1. The van der Waals surface area contributed by atoms with Gasteiger partial charge in [-0.2, -0.15) is 0 Å². The lowest BCUT2D eigenvalue weighted by Gasteiger charge is -2.39. The molecule has 108 valence electrons. The first-order chi connectivity index (χ1) is 9.08. The maximum Gasteiger partial charge on any atom is 0.251 e. The lowest BCUT2D eigenvalue weighted by Crippen LogP contribution is -2.46. The number of likely N-dealkylation sites (tertiary alicyclic amines) is 1. The summed E-state index contributed by atoms with van der Waals surface area (Å²) in [5, 5.41) is 0. The van der Waals surface area contributed by atoms with Crippen LogP contribution in [0.5, 0.6) is 0 Å². The number of rotatable bonds is 3. The first-order valence-electron chi connectivity index (χ1n) is 7.69. The van der Waals surface area contributed by atoms with Crippen LogP contribution in [0.25, 0.3) is 0 Å². The van der Waals surface area contributed by atoms with E-state index in [4.69, 9.17) is 4.74 Å². The molecular weight excluding hydrogens is 240 g/mol. The van der Waals surface area contributed by atoms with Gasteiger partial charge < -0.3 is 14.5 Å². The van der Waals surface area contributed by atoms with Crippen molar-refractivity contribution in [2.75, 3.05) is 33.7 Å². The summed E-state index contributed by atoms with van der Waals surface area (Å²) in [4.78, 5) is 16.2. The molecule has 0 aromatic heterocycles. The summed E-state index contributed by atoms with van der Waals surface area (Å²) in [7, 11) is 3.63. The molecule has 1 saturated carbocycles. The molecule has 0 aromatic carbocycles. The third-order valence-corrected chi connectivity index (χ3v) is 4.95. The van der Waals surface area contributed by atoms with Crippen LogP contribution in [0, 0.1) is 5.92 Å². The lowest BCUT2D eigenvalue weighted by molar-refractivity contribution is -0.148. The number of piperidine rings is 1. The van der Waals surface area contributed by atoms with E-state index in [1.807, 2.05) is 14.1 Å². The van der Waals surface area contributed by atoms with Gasteiger partial charge in [-0.25, -0.2) is 0 Å². The van der Waals surface area contributed by atoms with E-state index in [0.29, 0.717) is 0 Å². The van der Waals surface area contributed by atoms with Crippen LogP contribution >= 0.6 is 0 Å². The van der Waals surface area contributed by atoms with Gasteiger partial charge in [-0.1, -0.05) is 0 Å². The molecule has 4 heteroatoms. The number of carbonyl (C=O) groups is 1. The van der Waals surface area contributed by atoms with Crippen LogP contribution in [0.3, 0.4) is 0 Å². The minimum Gasteiger partial charge on any atom is -0.362 e. The number of carbonyl (C=O) groups excluding carboxylic acids is 1. The highest BCUT2D eigenvalue weighted by atomic mass is 16.5. The van der Waals surface area contributed by atoms with Gasteiger partial charge in [0.1, 0.15) is 6.10 Å². The van der Waals surface area contributed by atoms with Crippen molar-refractivity contribution in [3.63, 3.8) is 0 Å². The molecule has 1 spiro atoms. The highest BCUT2D eigenvalue weighted by Gasteiger charge is 2.45. The Morgan fingerprint density at radius 1 is 1.21 bits per heavy atom. The number of hydrogen-bond donors (Lipinski definition) is 0. The summed E-state index contributed by atoms with van der Waals surface area (Å²) >= 11 is 0.